The van der Waals surface area contributed by atoms with E-state index in [1.165, 1.54) is 12.8 Å². The van der Waals surface area contributed by atoms with Gasteiger partial charge < -0.3 is 5.32 Å². The first-order valence-electron chi connectivity index (χ1n) is 6.63. The molecule has 1 aromatic carbocycles. The van der Waals surface area contributed by atoms with Crippen LogP contribution in [0.3, 0.4) is 0 Å². The van der Waals surface area contributed by atoms with E-state index in [0.29, 0.717) is 22.0 Å². The van der Waals surface area contributed by atoms with Gasteiger partial charge in [-0.05, 0) is 65.2 Å². The summed E-state index contributed by atoms with van der Waals surface area (Å²) in [6.07, 6.45) is 4.46. The fourth-order valence-corrected chi connectivity index (χ4v) is 2.95. The molecule has 0 aromatic heterocycles. The minimum atomic E-state index is -0.0120. The number of hydrogen-bond donors (Lipinski definition) is 1. The van der Waals surface area contributed by atoms with E-state index in [9.17, 15) is 4.79 Å². The first-order valence-corrected chi connectivity index (χ1v) is 7.80. The van der Waals surface area contributed by atoms with Crippen molar-refractivity contribution in [1.82, 2.24) is 5.32 Å². The summed E-state index contributed by atoms with van der Waals surface area (Å²) in [6.45, 7) is 4.59. The molecule has 1 N–H and O–H groups in total. The quantitative estimate of drug-likeness (QED) is 0.820. The Hall–Kier alpha value is -0.540. The van der Waals surface area contributed by atoms with Crippen molar-refractivity contribution >= 4 is 33.4 Å². The fourth-order valence-electron chi connectivity index (χ4n) is 2.45. The van der Waals surface area contributed by atoms with E-state index in [4.69, 9.17) is 11.6 Å². The maximum Gasteiger partial charge on any atom is 0.251 e. The van der Waals surface area contributed by atoms with Crippen LogP contribution >= 0.6 is 27.5 Å². The lowest BCUT2D eigenvalue weighted by Gasteiger charge is -2.34. The Morgan fingerprint density at radius 2 is 2.00 bits per heavy atom. The molecule has 0 atom stereocenters. The van der Waals surface area contributed by atoms with Crippen LogP contribution in [0.1, 0.15) is 49.9 Å². The molecule has 0 saturated heterocycles. The highest BCUT2D eigenvalue weighted by atomic mass is 79.9. The summed E-state index contributed by atoms with van der Waals surface area (Å²) < 4.78 is 0.756. The minimum Gasteiger partial charge on any atom is -0.349 e. The number of carbonyl (C=O) groups is 1. The second-order valence-electron chi connectivity index (χ2n) is 6.04. The molecule has 0 radical (unpaired) electrons. The number of nitrogens with one attached hydrogen (secondary N) is 1. The molecule has 2 nitrogen and oxygen atoms in total. The summed E-state index contributed by atoms with van der Waals surface area (Å²) in [4.78, 5) is 12.2. The number of benzene rings is 1. The highest BCUT2D eigenvalue weighted by molar-refractivity contribution is 9.10. The lowest BCUT2D eigenvalue weighted by atomic mass is 9.75. The topological polar surface area (TPSA) is 29.1 Å². The Bertz CT molecular complexity index is 477. The van der Waals surface area contributed by atoms with Crippen LogP contribution in [-0.2, 0) is 0 Å². The Labute approximate surface area is 128 Å². The Morgan fingerprint density at radius 3 is 2.58 bits per heavy atom. The van der Waals surface area contributed by atoms with Crippen molar-refractivity contribution in [2.75, 3.05) is 0 Å². The average Bonchev–Trinajstić information content (AvgIpc) is 2.35. The molecule has 1 aliphatic carbocycles. The minimum absolute atomic E-state index is 0.0120. The number of rotatable bonds is 2. The molecule has 0 bridgehead atoms. The van der Waals surface area contributed by atoms with Crippen molar-refractivity contribution in [3.05, 3.63) is 33.3 Å². The van der Waals surface area contributed by atoms with Gasteiger partial charge in [0.1, 0.15) is 0 Å². The lowest BCUT2D eigenvalue weighted by Crippen LogP contribution is -2.39. The van der Waals surface area contributed by atoms with Gasteiger partial charge in [-0.1, -0.05) is 25.4 Å². The van der Waals surface area contributed by atoms with Gasteiger partial charge in [0, 0.05) is 16.1 Å². The van der Waals surface area contributed by atoms with Crippen LogP contribution in [0.2, 0.25) is 5.02 Å². The molecule has 0 heterocycles. The Morgan fingerprint density at radius 1 is 1.37 bits per heavy atom. The van der Waals surface area contributed by atoms with Crippen LogP contribution in [0.15, 0.2) is 22.7 Å². The summed E-state index contributed by atoms with van der Waals surface area (Å²) in [6, 6.07) is 5.57. The van der Waals surface area contributed by atoms with Gasteiger partial charge >= 0.3 is 0 Å². The SMILES string of the molecule is CC1(C)CCC(NC(=O)c2ccc(Cl)c(Br)c2)CC1. The Balaban J connectivity index is 1.96. The van der Waals surface area contributed by atoms with Gasteiger partial charge in [-0.25, -0.2) is 0 Å². The van der Waals surface area contributed by atoms with E-state index >= 15 is 0 Å². The lowest BCUT2D eigenvalue weighted by molar-refractivity contribution is 0.0909. The number of hydrogen-bond acceptors (Lipinski definition) is 1. The largest absolute Gasteiger partial charge is 0.349 e. The molecule has 2 rings (SSSR count). The van der Waals surface area contributed by atoms with E-state index in [2.05, 4.69) is 35.1 Å². The first kappa shape index (κ1) is 14.9. The summed E-state index contributed by atoms with van der Waals surface area (Å²) in [5.74, 6) is -0.0120. The molecule has 1 aromatic rings. The Kier molecular flexibility index (Phi) is 4.57. The first-order chi connectivity index (χ1) is 8.87. The van der Waals surface area contributed by atoms with Gasteiger partial charge in [0.2, 0.25) is 0 Å². The third-order valence-electron chi connectivity index (χ3n) is 3.86. The van der Waals surface area contributed by atoms with Gasteiger partial charge in [0.15, 0.2) is 0 Å². The normalized spacial score (nSPS) is 19.2. The highest BCUT2D eigenvalue weighted by Gasteiger charge is 2.27. The zero-order valence-electron chi connectivity index (χ0n) is 11.3. The van der Waals surface area contributed by atoms with Gasteiger partial charge in [-0.2, -0.15) is 0 Å². The molecule has 1 amide bonds. The predicted octanol–water partition coefficient (Wildman–Crippen LogP) is 4.80. The molecule has 1 saturated carbocycles. The molecule has 1 aliphatic rings. The molecule has 19 heavy (non-hydrogen) atoms. The van der Waals surface area contributed by atoms with Crippen molar-refractivity contribution < 1.29 is 4.79 Å². The van der Waals surface area contributed by atoms with Crippen molar-refractivity contribution in [1.29, 1.82) is 0 Å². The fraction of sp³-hybridized carbons (Fsp3) is 0.533. The summed E-state index contributed by atoms with van der Waals surface area (Å²) >= 11 is 9.27. The molecule has 0 unspecified atom stereocenters. The third kappa shape index (κ3) is 3.96. The van der Waals surface area contributed by atoms with Crippen molar-refractivity contribution in [2.45, 2.75) is 45.6 Å². The molecule has 104 valence electrons. The van der Waals surface area contributed by atoms with E-state index in [1.807, 2.05) is 0 Å². The van der Waals surface area contributed by atoms with E-state index in [1.54, 1.807) is 18.2 Å². The molecular formula is C15H19BrClNO. The zero-order valence-corrected chi connectivity index (χ0v) is 13.6. The molecule has 0 spiro atoms. The van der Waals surface area contributed by atoms with Crippen molar-refractivity contribution in [2.24, 2.45) is 5.41 Å². The second kappa shape index (κ2) is 5.84. The van der Waals surface area contributed by atoms with Crippen LogP contribution in [0.25, 0.3) is 0 Å². The maximum absolute atomic E-state index is 12.2. The van der Waals surface area contributed by atoms with Gasteiger partial charge in [0.05, 0.1) is 5.02 Å². The second-order valence-corrected chi connectivity index (χ2v) is 7.30. The highest BCUT2D eigenvalue weighted by Crippen LogP contribution is 2.35. The van der Waals surface area contributed by atoms with Crippen LogP contribution in [-0.4, -0.2) is 11.9 Å². The van der Waals surface area contributed by atoms with Gasteiger partial charge in [-0.3, -0.25) is 4.79 Å². The molecular weight excluding hydrogens is 326 g/mol. The van der Waals surface area contributed by atoms with Crippen LogP contribution in [0.5, 0.6) is 0 Å². The predicted molar refractivity (Wildman–Crippen MR) is 82.7 cm³/mol. The zero-order chi connectivity index (χ0) is 14.0. The smallest absolute Gasteiger partial charge is 0.251 e. The number of carbonyl (C=O) groups excluding carboxylic acids is 1. The van der Waals surface area contributed by atoms with E-state index < -0.39 is 0 Å². The van der Waals surface area contributed by atoms with E-state index in [-0.39, 0.29) is 5.91 Å². The number of amides is 1. The van der Waals surface area contributed by atoms with E-state index in [0.717, 1.165) is 17.3 Å². The molecule has 1 fully saturated rings. The molecule has 4 heteroatoms. The summed E-state index contributed by atoms with van der Waals surface area (Å²) in [5, 5.41) is 3.74. The summed E-state index contributed by atoms with van der Waals surface area (Å²) in [5.41, 5.74) is 1.07. The van der Waals surface area contributed by atoms with Crippen LogP contribution < -0.4 is 5.32 Å². The van der Waals surface area contributed by atoms with Crippen molar-refractivity contribution in [3.8, 4) is 0 Å². The standard InChI is InChI=1S/C15H19BrClNO/c1-15(2)7-5-11(6-8-15)18-14(19)10-3-4-13(17)12(16)9-10/h3-4,9,11H,5-8H2,1-2H3,(H,18,19). The van der Waals surface area contributed by atoms with Gasteiger partial charge in [0.25, 0.3) is 5.91 Å². The monoisotopic (exact) mass is 343 g/mol. The number of halogens is 2. The van der Waals surface area contributed by atoms with Gasteiger partial charge in [-0.15, -0.1) is 0 Å². The van der Waals surface area contributed by atoms with Crippen LogP contribution in [0.4, 0.5) is 0 Å². The molecule has 0 aliphatic heterocycles. The van der Waals surface area contributed by atoms with Crippen molar-refractivity contribution in [3.63, 3.8) is 0 Å². The van der Waals surface area contributed by atoms with Crippen LogP contribution in [0, 0.1) is 5.41 Å². The third-order valence-corrected chi connectivity index (χ3v) is 5.07. The summed E-state index contributed by atoms with van der Waals surface area (Å²) in [7, 11) is 0. The average molecular weight is 345 g/mol. The maximum atomic E-state index is 12.2.